The molecule has 2 aromatic carbocycles. The second-order valence-electron chi connectivity index (χ2n) is 8.10. The molecule has 0 saturated heterocycles. The van der Waals surface area contributed by atoms with Gasteiger partial charge in [0.2, 0.25) is 11.7 Å². The van der Waals surface area contributed by atoms with Crippen LogP contribution in [0, 0.1) is 0 Å². The Hall–Kier alpha value is -3.66. The van der Waals surface area contributed by atoms with E-state index < -0.39 is 11.5 Å². The van der Waals surface area contributed by atoms with Crippen molar-refractivity contribution in [2.75, 3.05) is 0 Å². The number of hydrogen-bond donors (Lipinski definition) is 0. The molecule has 0 aliphatic carbocycles. The number of fused-ring (bicyclic) bond motifs is 6. The number of rotatable bonds is 2. The second kappa shape index (κ2) is 7.92. The Morgan fingerprint density at radius 2 is 1.86 bits per heavy atom. The van der Waals surface area contributed by atoms with Gasteiger partial charge in [-0.3, -0.25) is 0 Å². The summed E-state index contributed by atoms with van der Waals surface area (Å²) in [6, 6.07) is 15.8. The average molecular weight is 582 g/mol. The number of furan rings is 1. The number of nitrogens with zero attached hydrogens (tertiary/aromatic N) is 4. The zero-order chi connectivity index (χ0) is 24.6. The number of hydrogen-bond acceptors (Lipinski definition) is 7. The largest absolute Gasteiger partial charge is 0.446 e. The van der Waals surface area contributed by atoms with Crippen LogP contribution < -0.4 is 10.4 Å². The second-order valence-corrected chi connectivity index (χ2v) is 9.73. The van der Waals surface area contributed by atoms with E-state index in [-0.39, 0.29) is 11.4 Å². The normalized spacial score (nSPS) is 14.6. The highest BCUT2D eigenvalue weighted by molar-refractivity contribution is 9.10. The van der Waals surface area contributed by atoms with Crippen LogP contribution in [0.2, 0.25) is 10.0 Å². The summed E-state index contributed by atoms with van der Waals surface area (Å²) in [6.07, 6.45) is 1.50. The quantitative estimate of drug-likeness (QED) is 0.206. The predicted molar refractivity (Wildman–Crippen MR) is 136 cm³/mol. The Balaban J connectivity index is 1.57. The van der Waals surface area contributed by atoms with Crippen LogP contribution in [0.15, 0.2) is 79.2 Å². The monoisotopic (exact) mass is 580 g/mol. The Labute approximate surface area is 220 Å². The molecule has 7 rings (SSSR count). The molecule has 1 aliphatic rings. The first-order chi connectivity index (χ1) is 17.5. The minimum Gasteiger partial charge on any atom is -0.446 e. The number of para-hydroxylation sites is 1. The van der Waals surface area contributed by atoms with E-state index in [4.69, 9.17) is 41.8 Å². The first-order valence-electron chi connectivity index (χ1n) is 10.7. The summed E-state index contributed by atoms with van der Waals surface area (Å²) < 4.78 is 19.6. The molecule has 0 bridgehead atoms. The Bertz CT molecular complexity index is 1910. The van der Waals surface area contributed by atoms with Gasteiger partial charge in [0, 0.05) is 10.0 Å². The van der Waals surface area contributed by atoms with Gasteiger partial charge in [-0.15, -0.1) is 5.10 Å². The van der Waals surface area contributed by atoms with Crippen LogP contribution in [0.25, 0.3) is 28.2 Å². The number of aromatic nitrogens is 4. The van der Waals surface area contributed by atoms with Crippen molar-refractivity contribution in [3.8, 4) is 23.2 Å². The summed E-state index contributed by atoms with van der Waals surface area (Å²) >= 11 is 16.2. The van der Waals surface area contributed by atoms with Crippen molar-refractivity contribution in [1.29, 1.82) is 0 Å². The van der Waals surface area contributed by atoms with Crippen LogP contribution >= 0.6 is 39.1 Å². The molecule has 1 aliphatic heterocycles. The van der Waals surface area contributed by atoms with Gasteiger partial charge in [0.15, 0.2) is 21.8 Å². The lowest BCUT2D eigenvalue weighted by Crippen LogP contribution is -2.22. The summed E-state index contributed by atoms with van der Waals surface area (Å²) in [4.78, 5) is 22.6. The van der Waals surface area contributed by atoms with Crippen molar-refractivity contribution in [3.05, 3.63) is 103 Å². The summed E-state index contributed by atoms with van der Waals surface area (Å²) in [5, 5.41) is 5.99. The van der Waals surface area contributed by atoms with Crippen molar-refractivity contribution < 1.29 is 13.6 Å². The van der Waals surface area contributed by atoms with E-state index in [1.165, 1.54) is 10.8 Å². The molecule has 0 spiro atoms. The van der Waals surface area contributed by atoms with E-state index in [0.717, 1.165) is 0 Å². The standard InChI is InChI=1S/C25H11BrCl2N4O4/c26-17-8-7-16(34-17)22-30-23-20-18(12-6-5-11(27)9-14(12)28)19-21(36-24(20)29-10-32(23)31-22)13-3-1-2-4-15(13)35-25(19)33/h1-10,18H. The summed E-state index contributed by atoms with van der Waals surface area (Å²) in [6.45, 7) is 0. The fourth-order valence-corrected chi connectivity index (χ4v) is 5.34. The van der Waals surface area contributed by atoms with E-state index in [1.807, 2.05) is 12.1 Å². The molecule has 0 amide bonds. The summed E-state index contributed by atoms with van der Waals surface area (Å²) in [5.41, 5.74) is 1.69. The number of halogens is 3. The summed E-state index contributed by atoms with van der Waals surface area (Å²) in [7, 11) is 0. The van der Waals surface area contributed by atoms with Gasteiger partial charge in [-0.1, -0.05) is 41.4 Å². The molecular weight excluding hydrogens is 571 g/mol. The van der Waals surface area contributed by atoms with Gasteiger partial charge in [-0.05, 0) is 57.9 Å². The Morgan fingerprint density at radius 3 is 2.67 bits per heavy atom. The van der Waals surface area contributed by atoms with Gasteiger partial charge in [0.1, 0.15) is 11.9 Å². The van der Waals surface area contributed by atoms with Gasteiger partial charge in [-0.25, -0.2) is 19.3 Å². The number of benzene rings is 2. The molecular formula is C25H11BrCl2N4O4. The van der Waals surface area contributed by atoms with Gasteiger partial charge >= 0.3 is 5.63 Å². The zero-order valence-corrected chi connectivity index (χ0v) is 21.0. The highest BCUT2D eigenvalue weighted by Gasteiger charge is 2.38. The molecule has 0 radical (unpaired) electrons. The lowest BCUT2D eigenvalue weighted by atomic mass is 9.84. The Kier molecular flexibility index (Phi) is 4.76. The zero-order valence-electron chi connectivity index (χ0n) is 17.9. The molecule has 11 heteroatoms. The average Bonchev–Trinajstić information content (AvgIpc) is 3.49. The van der Waals surface area contributed by atoms with E-state index >= 15 is 0 Å². The molecule has 176 valence electrons. The Morgan fingerprint density at radius 1 is 1.00 bits per heavy atom. The van der Waals surface area contributed by atoms with Gasteiger partial charge in [0.25, 0.3) is 0 Å². The first kappa shape index (κ1) is 21.6. The highest BCUT2D eigenvalue weighted by Crippen LogP contribution is 2.50. The third-order valence-corrected chi connectivity index (χ3v) is 7.02. The van der Waals surface area contributed by atoms with Crippen LogP contribution in [0.1, 0.15) is 22.6 Å². The molecule has 0 saturated carbocycles. The van der Waals surface area contributed by atoms with E-state index in [0.29, 0.717) is 59.8 Å². The van der Waals surface area contributed by atoms with Crippen LogP contribution in [0.3, 0.4) is 0 Å². The van der Waals surface area contributed by atoms with Gasteiger partial charge in [0.05, 0.1) is 22.4 Å². The fraction of sp³-hybridized carbons (Fsp3) is 0.0400. The third kappa shape index (κ3) is 3.20. The van der Waals surface area contributed by atoms with E-state index in [1.54, 1.807) is 42.5 Å². The van der Waals surface area contributed by atoms with E-state index in [2.05, 4.69) is 26.0 Å². The van der Waals surface area contributed by atoms with Crippen molar-refractivity contribution >= 4 is 55.7 Å². The molecule has 36 heavy (non-hydrogen) atoms. The maximum atomic E-state index is 13.4. The molecule has 4 aromatic heterocycles. The maximum Gasteiger partial charge on any atom is 0.344 e. The SMILES string of the molecule is O=c1oc2ccccc2c2c1C(c1ccc(Cl)cc1Cl)c1c(ncn3nc(-c4ccc(Br)o4)nc13)O2. The first-order valence-corrected chi connectivity index (χ1v) is 12.2. The van der Waals surface area contributed by atoms with Crippen molar-refractivity contribution in [2.45, 2.75) is 5.92 Å². The van der Waals surface area contributed by atoms with Gasteiger partial charge in [-0.2, -0.15) is 0 Å². The van der Waals surface area contributed by atoms with E-state index in [9.17, 15) is 4.79 Å². The van der Waals surface area contributed by atoms with Crippen LogP contribution in [-0.4, -0.2) is 19.6 Å². The lowest BCUT2D eigenvalue weighted by Gasteiger charge is -2.27. The van der Waals surface area contributed by atoms with Crippen LogP contribution in [-0.2, 0) is 0 Å². The molecule has 6 aromatic rings. The molecule has 0 fully saturated rings. The predicted octanol–water partition coefficient (Wildman–Crippen LogP) is 6.85. The molecule has 5 heterocycles. The fourth-order valence-electron chi connectivity index (χ4n) is 4.51. The molecule has 0 N–H and O–H groups in total. The van der Waals surface area contributed by atoms with Crippen LogP contribution in [0.4, 0.5) is 0 Å². The van der Waals surface area contributed by atoms with Gasteiger partial charge < -0.3 is 13.6 Å². The van der Waals surface area contributed by atoms with Crippen LogP contribution in [0.5, 0.6) is 11.6 Å². The topological polar surface area (TPSA) is 95.7 Å². The lowest BCUT2D eigenvalue weighted by molar-refractivity contribution is 0.422. The minimum absolute atomic E-state index is 0.279. The highest BCUT2D eigenvalue weighted by atomic mass is 79.9. The van der Waals surface area contributed by atoms with Crippen molar-refractivity contribution in [3.63, 3.8) is 0 Å². The van der Waals surface area contributed by atoms with Crippen molar-refractivity contribution in [2.24, 2.45) is 0 Å². The maximum absolute atomic E-state index is 13.4. The molecule has 1 unspecified atom stereocenters. The molecule has 1 atom stereocenters. The minimum atomic E-state index is -0.717. The van der Waals surface area contributed by atoms with Crippen molar-refractivity contribution in [1.82, 2.24) is 19.6 Å². The molecule has 8 nitrogen and oxygen atoms in total. The smallest absolute Gasteiger partial charge is 0.344 e. The number of ether oxygens (including phenoxy) is 1. The third-order valence-electron chi connectivity index (χ3n) is 6.03. The summed E-state index contributed by atoms with van der Waals surface area (Å²) in [5.74, 6) is 0.723.